The van der Waals surface area contributed by atoms with Crippen LogP contribution in [0, 0.1) is 0 Å². The zero-order chi connectivity index (χ0) is 12.5. The number of hydrogen-bond acceptors (Lipinski definition) is 2. The van der Waals surface area contributed by atoms with Crippen molar-refractivity contribution in [1.82, 2.24) is 5.32 Å². The first kappa shape index (κ1) is 12.5. The van der Waals surface area contributed by atoms with Crippen molar-refractivity contribution in [1.29, 1.82) is 0 Å². The quantitative estimate of drug-likeness (QED) is 0.912. The Morgan fingerprint density at radius 2 is 2.17 bits per heavy atom. The maximum Gasteiger partial charge on any atom is 0.0513 e. The van der Waals surface area contributed by atoms with Crippen LogP contribution in [-0.4, -0.2) is 18.6 Å². The van der Waals surface area contributed by atoms with Crippen LogP contribution in [0.2, 0.25) is 0 Å². The number of nitrogens with one attached hydrogen (secondary N) is 1. The Balaban J connectivity index is 1.71. The summed E-state index contributed by atoms with van der Waals surface area (Å²) in [5.74, 6) is 0. The van der Waals surface area contributed by atoms with Gasteiger partial charge in [-0.05, 0) is 66.2 Å². The highest BCUT2D eigenvalue weighted by Gasteiger charge is 2.23. The first-order chi connectivity index (χ1) is 8.74. The smallest absolute Gasteiger partial charge is 0.0513 e. The van der Waals surface area contributed by atoms with Gasteiger partial charge in [0, 0.05) is 29.6 Å². The lowest BCUT2D eigenvalue weighted by molar-refractivity contribution is 0.687. The van der Waals surface area contributed by atoms with Crippen molar-refractivity contribution in [3.05, 3.63) is 28.2 Å². The van der Waals surface area contributed by atoms with Crippen molar-refractivity contribution < 1.29 is 0 Å². The fourth-order valence-electron chi connectivity index (χ4n) is 2.73. The predicted octanol–water partition coefficient (Wildman–Crippen LogP) is 3.69. The molecule has 0 spiro atoms. The molecular weight excluding hydrogens is 288 g/mol. The summed E-state index contributed by atoms with van der Waals surface area (Å²) in [6, 6.07) is 8.27. The highest BCUT2D eigenvalue weighted by molar-refractivity contribution is 9.10. The summed E-state index contributed by atoms with van der Waals surface area (Å²) >= 11 is 3.74. The molecule has 1 aromatic rings. The molecule has 3 heteroatoms. The van der Waals surface area contributed by atoms with Crippen LogP contribution >= 0.6 is 15.9 Å². The normalized spacial score (nSPS) is 23.7. The van der Waals surface area contributed by atoms with Crippen molar-refractivity contribution in [2.24, 2.45) is 0 Å². The van der Waals surface area contributed by atoms with Gasteiger partial charge in [-0.3, -0.25) is 0 Å². The van der Waals surface area contributed by atoms with E-state index < -0.39 is 0 Å². The third kappa shape index (κ3) is 2.72. The lowest BCUT2D eigenvalue weighted by atomic mass is 10.1. The van der Waals surface area contributed by atoms with E-state index in [0.29, 0.717) is 6.04 Å². The van der Waals surface area contributed by atoms with Gasteiger partial charge in [-0.1, -0.05) is 6.07 Å². The molecule has 1 heterocycles. The van der Waals surface area contributed by atoms with Gasteiger partial charge in [-0.25, -0.2) is 0 Å². The second kappa shape index (κ2) is 5.22. The highest BCUT2D eigenvalue weighted by Crippen LogP contribution is 2.32. The summed E-state index contributed by atoms with van der Waals surface area (Å²) in [5.41, 5.74) is 2.74. The summed E-state index contributed by atoms with van der Waals surface area (Å²) in [7, 11) is 0. The molecular formula is C15H21BrN2. The fraction of sp³-hybridized carbons (Fsp3) is 0.600. The van der Waals surface area contributed by atoms with Gasteiger partial charge in [-0.15, -0.1) is 0 Å². The number of hydrogen-bond donors (Lipinski definition) is 1. The minimum Gasteiger partial charge on any atom is -0.368 e. The molecule has 1 saturated carbocycles. The second-order valence-corrected chi connectivity index (χ2v) is 6.48. The van der Waals surface area contributed by atoms with Gasteiger partial charge >= 0.3 is 0 Å². The van der Waals surface area contributed by atoms with Crippen molar-refractivity contribution in [2.75, 3.05) is 11.4 Å². The molecule has 2 fully saturated rings. The van der Waals surface area contributed by atoms with Gasteiger partial charge in [0.2, 0.25) is 0 Å². The van der Waals surface area contributed by atoms with Crippen molar-refractivity contribution in [2.45, 2.75) is 51.2 Å². The zero-order valence-corrected chi connectivity index (χ0v) is 12.5. The average Bonchev–Trinajstić information content (AvgIpc) is 3.09. The molecule has 1 aliphatic heterocycles. The third-order valence-corrected chi connectivity index (χ3v) is 4.68. The van der Waals surface area contributed by atoms with Gasteiger partial charge in [0.15, 0.2) is 0 Å². The minimum absolute atomic E-state index is 0.678. The molecule has 3 rings (SSSR count). The van der Waals surface area contributed by atoms with Crippen LogP contribution in [0.3, 0.4) is 0 Å². The minimum atomic E-state index is 0.678. The van der Waals surface area contributed by atoms with Gasteiger partial charge in [0.05, 0.1) is 5.69 Å². The molecule has 2 nitrogen and oxygen atoms in total. The maximum absolute atomic E-state index is 3.74. The Morgan fingerprint density at radius 3 is 2.78 bits per heavy atom. The zero-order valence-electron chi connectivity index (χ0n) is 11.0. The number of rotatable bonds is 4. The van der Waals surface area contributed by atoms with E-state index in [2.05, 4.69) is 51.3 Å². The maximum atomic E-state index is 3.74. The molecule has 18 heavy (non-hydrogen) atoms. The third-order valence-electron chi connectivity index (χ3n) is 4.05. The van der Waals surface area contributed by atoms with E-state index in [0.717, 1.165) is 12.6 Å². The van der Waals surface area contributed by atoms with Crippen LogP contribution in [0.1, 0.15) is 38.2 Å². The summed E-state index contributed by atoms with van der Waals surface area (Å²) in [6.07, 6.45) is 5.34. The van der Waals surface area contributed by atoms with E-state index in [1.54, 1.807) is 0 Å². The number of anilines is 1. The fourth-order valence-corrected chi connectivity index (χ4v) is 3.39. The lowest BCUT2D eigenvalue weighted by Crippen LogP contribution is -2.26. The van der Waals surface area contributed by atoms with Gasteiger partial charge in [-0.2, -0.15) is 0 Å². The largest absolute Gasteiger partial charge is 0.368 e. The average molecular weight is 309 g/mol. The molecule has 1 saturated heterocycles. The standard InChI is InChI=1S/C15H21BrN2/c1-11-3-2-8-18(11)15-7-4-12(9-14(15)16)10-17-13-5-6-13/h4,7,9,11,13,17H,2-3,5-6,8,10H2,1H3. The topological polar surface area (TPSA) is 15.3 Å². The molecule has 0 amide bonds. The lowest BCUT2D eigenvalue weighted by Gasteiger charge is -2.25. The van der Waals surface area contributed by atoms with Crippen LogP contribution in [-0.2, 0) is 6.54 Å². The van der Waals surface area contributed by atoms with Gasteiger partial charge in [0.25, 0.3) is 0 Å². The first-order valence-corrected chi connectivity index (χ1v) is 7.82. The molecule has 1 atom stereocenters. The number of halogens is 1. The Labute approximate surface area is 118 Å². The first-order valence-electron chi connectivity index (χ1n) is 7.02. The summed E-state index contributed by atoms with van der Waals surface area (Å²) < 4.78 is 1.24. The van der Waals surface area contributed by atoms with E-state index in [9.17, 15) is 0 Å². The van der Waals surface area contributed by atoms with Crippen LogP contribution in [0.15, 0.2) is 22.7 Å². The van der Waals surface area contributed by atoms with E-state index in [-0.39, 0.29) is 0 Å². The Morgan fingerprint density at radius 1 is 1.33 bits per heavy atom. The van der Waals surface area contributed by atoms with Crippen molar-refractivity contribution in [3.8, 4) is 0 Å². The molecule has 0 aromatic heterocycles. The summed E-state index contributed by atoms with van der Waals surface area (Å²) in [5, 5.41) is 3.56. The second-order valence-electron chi connectivity index (χ2n) is 5.63. The number of nitrogens with zero attached hydrogens (tertiary/aromatic N) is 1. The van der Waals surface area contributed by atoms with E-state index in [1.807, 2.05) is 0 Å². The van der Waals surface area contributed by atoms with Crippen LogP contribution in [0.25, 0.3) is 0 Å². The van der Waals surface area contributed by atoms with Gasteiger partial charge in [0.1, 0.15) is 0 Å². The SMILES string of the molecule is CC1CCCN1c1ccc(CNC2CC2)cc1Br. The Hall–Kier alpha value is -0.540. The molecule has 98 valence electrons. The van der Waals surface area contributed by atoms with Crippen LogP contribution in [0.5, 0.6) is 0 Å². The van der Waals surface area contributed by atoms with Gasteiger partial charge < -0.3 is 10.2 Å². The molecule has 1 N–H and O–H groups in total. The van der Waals surface area contributed by atoms with E-state index in [1.165, 1.54) is 48.0 Å². The molecule has 1 unspecified atom stereocenters. The predicted molar refractivity (Wildman–Crippen MR) is 80.0 cm³/mol. The van der Waals surface area contributed by atoms with Crippen LogP contribution < -0.4 is 10.2 Å². The molecule has 0 bridgehead atoms. The molecule has 1 aliphatic carbocycles. The molecule has 2 aliphatic rings. The van der Waals surface area contributed by atoms with E-state index in [4.69, 9.17) is 0 Å². The van der Waals surface area contributed by atoms with Crippen LogP contribution in [0.4, 0.5) is 5.69 Å². The molecule has 1 aromatic carbocycles. The Kier molecular flexibility index (Phi) is 3.62. The number of benzene rings is 1. The van der Waals surface area contributed by atoms with Crippen molar-refractivity contribution in [3.63, 3.8) is 0 Å². The van der Waals surface area contributed by atoms with Crippen molar-refractivity contribution >= 4 is 21.6 Å². The molecule has 0 radical (unpaired) electrons. The highest BCUT2D eigenvalue weighted by atomic mass is 79.9. The monoisotopic (exact) mass is 308 g/mol. The summed E-state index contributed by atoms with van der Waals surface area (Å²) in [4.78, 5) is 2.52. The Bertz CT molecular complexity index is 429. The summed E-state index contributed by atoms with van der Waals surface area (Å²) in [6.45, 7) is 4.51. The van der Waals surface area contributed by atoms with E-state index >= 15 is 0 Å².